The van der Waals surface area contributed by atoms with E-state index in [0.29, 0.717) is 0 Å². The summed E-state index contributed by atoms with van der Waals surface area (Å²) in [4.78, 5) is 10.6. The Morgan fingerprint density at radius 1 is 1.47 bits per heavy atom. The number of hydrogen-bond acceptors (Lipinski definition) is 4. The predicted octanol–water partition coefficient (Wildman–Crippen LogP) is 0.877. The summed E-state index contributed by atoms with van der Waals surface area (Å²) in [5.41, 5.74) is 0. The first-order valence-corrected chi connectivity index (χ1v) is 5.04. The number of hydrogen-bond donors (Lipinski definition) is 1. The Balaban J connectivity index is 2.54. The van der Waals surface area contributed by atoms with Crippen molar-refractivity contribution in [3.05, 3.63) is 0 Å². The van der Waals surface area contributed by atoms with E-state index in [4.69, 9.17) is 4.74 Å². The average molecular weight is 220 g/mol. The molecule has 0 aromatic heterocycles. The molecule has 0 saturated carbocycles. The third-order valence-corrected chi connectivity index (χ3v) is 2.90. The van der Waals surface area contributed by atoms with Crippen LogP contribution in [-0.2, 0) is 14.3 Å². The Morgan fingerprint density at radius 3 is 2.60 bits per heavy atom. The van der Waals surface area contributed by atoms with Crippen LogP contribution < -0.4 is 0 Å². The van der Waals surface area contributed by atoms with E-state index in [1.54, 1.807) is 13.8 Å². The van der Waals surface area contributed by atoms with Gasteiger partial charge in [0.2, 0.25) is 0 Å². The minimum Gasteiger partial charge on any atom is -0.463 e. The maximum Gasteiger partial charge on any atom is 0.302 e. The Morgan fingerprint density at radius 2 is 2.07 bits per heavy atom. The minimum atomic E-state index is -1.22. The summed E-state index contributed by atoms with van der Waals surface area (Å²) in [7, 11) is 0. The topological polar surface area (TPSA) is 55.8 Å². The summed E-state index contributed by atoms with van der Waals surface area (Å²) in [6.45, 7) is 4.54. The zero-order valence-electron chi connectivity index (χ0n) is 9.14. The van der Waals surface area contributed by atoms with Crippen LogP contribution in [0.15, 0.2) is 0 Å². The Bertz CT molecular complexity index is 233. The molecule has 1 saturated heterocycles. The summed E-state index contributed by atoms with van der Waals surface area (Å²) in [6, 6.07) is 0. The smallest absolute Gasteiger partial charge is 0.302 e. The molecule has 0 aromatic rings. The van der Waals surface area contributed by atoms with Crippen LogP contribution in [0.3, 0.4) is 0 Å². The molecule has 0 amide bonds. The second-order valence-corrected chi connectivity index (χ2v) is 4.03. The number of ether oxygens (including phenoxy) is 2. The molecule has 88 valence electrons. The maximum absolute atomic E-state index is 13.7. The van der Waals surface area contributed by atoms with Gasteiger partial charge in [0.05, 0.1) is 0 Å². The quantitative estimate of drug-likeness (QED) is 0.702. The first-order chi connectivity index (χ1) is 6.93. The third-order valence-electron chi connectivity index (χ3n) is 2.90. The van der Waals surface area contributed by atoms with Gasteiger partial charge in [-0.2, -0.15) is 0 Å². The molecule has 3 unspecified atom stereocenters. The Hall–Kier alpha value is -0.680. The molecule has 5 atom stereocenters. The number of carbonyl (C=O) groups is 1. The number of alkyl halides is 1. The SMILES string of the molecule is CC(=O)OCC1OC(O)C(C)[C@@H](C)[C@@H]1F. The first-order valence-electron chi connectivity index (χ1n) is 5.04. The van der Waals surface area contributed by atoms with E-state index in [1.165, 1.54) is 6.92 Å². The summed E-state index contributed by atoms with van der Waals surface area (Å²) >= 11 is 0. The van der Waals surface area contributed by atoms with Gasteiger partial charge in [-0.05, 0) is 5.92 Å². The predicted molar refractivity (Wildman–Crippen MR) is 50.7 cm³/mol. The van der Waals surface area contributed by atoms with Crippen molar-refractivity contribution in [2.45, 2.75) is 39.3 Å². The second-order valence-electron chi connectivity index (χ2n) is 4.03. The Kier molecular flexibility index (Phi) is 4.04. The molecule has 0 bridgehead atoms. The number of carbonyl (C=O) groups excluding carboxylic acids is 1. The summed E-state index contributed by atoms with van der Waals surface area (Å²) in [5.74, 6) is -1.05. The van der Waals surface area contributed by atoms with Crippen molar-refractivity contribution in [1.29, 1.82) is 0 Å². The van der Waals surface area contributed by atoms with Crippen molar-refractivity contribution >= 4 is 5.97 Å². The van der Waals surface area contributed by atoms with Gasteiger partial charge in [-0.15, -0.1) is 0 Å². The second kappa shape index (κ2) is 4.90. The van der Waals surface area contributed by atoms with Crippen LogP contribution in [0.1, 0.15) is 20.8 Å². The molecular formula is C10H17FO4. The number of halogens is 1. The normalized spacial score (nSPS) is 41.3. The van der Waals surface area contributed by atoms with E-state index in [9.17, 15) is 14.3 Å². The summed E-state index contributed by atoms with van der Waals surface area (Å²) in [6.07, 6.45) is -3.08. The van der Waals surface area contributed by atoms with Gasteiger partial charge in [0.15, 0.2) is 6.29 Å². The van der Waals surface area contributed by atoms with Crippen LogP contribution in [0.25, 0.3) is 0 Å². The third kappa shape index (κ3) is 2.89. The zero-order chi connectivity index (χ0) is 11.6. The lowest BCUT2D eigenvalue weighted by molar-refractivity contribution is -0.239. The van der Waals surface area contributed by atoms with Crippen LogP contribution in [-0.4, -0.2) is 36.2 Å². The van der Waals surface area contributed by atoms with E-state index >= 15 is 0 Å². The molecule has 0 aliphatic carbocycles. The number of aliphatic hydroxyl groups is 1. The van der Waals surface area contributed by atoms with E-state index in [1.807, 2.05) is 0 Å². The van der Waals surface area contributed by atoms with Crippen molar-refractivity contribution < 1.29 is 23.8 Å². The number of rotatable bonds is 2. The van der Waals surface area contributed by atoms with Crippen molar-refractivity contribution in [2.75, 3.05) is 6.61 Å². The molecule has 15 heavy (non-hydrogen) atoms. The lowest BCUT2D eigenvalue weighted by atomic mass is 9.86. The van der Waals surface area contributed by atoms with Crippen molar-refractivity contribution in [2.24, 2.45) is 11.8 Å². The van der Waals surface area contributed by atoms with Gasteiger partial charge in [-0.3, -0.25) is 4.79 Å². The maximum atomic E-state index is 13.7. The lowest BCUT2D eigenvalue weighted by Crippen LogP contribution is -2.49. The van der Waals surface area contributed by atoms with Gasteiger partial charge in [0.25, 0.3) is 0 Å². The van der Waals surface area contributed by atoms with E-state index in [2.05, 4.69) is 4.74 Å². The van der Waals surface area contributed by atoms with Crippen LogP contribution in [0, 0.1) is 11.8 Å². The standard InChI is InChI=1S/C10H17FO4/c1-5-6(2)10(13)15-8(9(5)11)4-14-7(3)12/h5-6,8-10,13H,4H2,1-3H3/t5-,6?,8?,9+,10?/m1/s1. The molecule has 1 N–H and O–H groups in total. The van der Waals surface area contributed by atoms with Crippen LogP contribution in [0.5, 0.6) is 0 Å². The monoisotopic (exact) mass is 220 g/mol. The fraction of sp³-hybridized carbons (Fsp3) is 0.900. The van der Waals surface area contributed by atoms with E-state index < -0.39 is 24.5 Å². The molecule has 1 aliphatic rings. The summed E-state index contributed by atoms with van der Waals surface area (Å²) < 4.78 is 23.4. The Labute approximate surface area is 88.4 Å². The zero-order valence-corrected chi connectivity index (χ0v) is 9.14. The molecule has 1 aliphatic heterocycles. The molecule has 0 aromatic carbocycles. The average Bonchev–Trinajstić information content (AvgIpc) is 2.18. The van der Waals surface area contributed by atoms with Gasteiger partial charge in [0.1, 0.15) is 18.9 Å². The minimum absolute atomic E-state index is 0.148. The van der Waals surface area contributed by atoms with Crippen molar-refractivity contribution in [3.8, 4) is 0 Å². The molecule has 1 fully saturated rings. The molecule has 4 nitrogen and oxygen atoms in total. The largest absolute Gasteiger partial charge is 0.463 e. The van der Waals surface area contributed by atoms with Crippen LogP contribution in [0.2, 0.25) is 0 Å². The van der Waals surface area contributed by atoms with Gasteiger partial charge >= 0.3 is 5.97 Å². The molecule has 5 heteroatoms. The highest BCUT2D eigenvalue weighted by atomic mass is 19.1. The van der Waals surface area contributed by atoms with Gasteiger partial charge in [-0.1, -0.05) is 13.8 Å². The molecule has 0 radical (unpaired) electrons. The fourth-order valence-corrected chi connectivity index (χ4v) is 1.60. The van der Waals surface area contributed by atoms with Gasteiger partial charge in [0, 0.05) is 12.8 Å². The lowest BCUT2D eigenvalue weighted by Gasteiger charge is -2.38. The highest BCUT2D eigenvalue weighted by Gasteiger charge is 2.41. The van der Waals surface area contributed by atoms with Gasteiger partial charge < -0.3 is 14.6 Å². The fourth-order valence-electron chi connectivity index (χ4n) is 1.60. The highest BCUT2D eigenvalue weighted by molar-refractivity contribution is 5.65. The van der Waals surface area contributed by atoms with E-state index in [0.717, 1.165) is 0 Å². The van der Waals surface area contributed by atoms with Crippen molar-refractivity contribution in [1.82, 2.24) is 0 Å². The number of aliphatic hydroxyl groups excluding tert-OH is 1. The molecular weight excluding hydrogens is 203 g/mol. The van der Waals surface area contributed by atoms with Crippen LogP contribution in [0.4, 0.5) is 4.39 Å². The van der Waals surface area contributed by atoms with Crippen LogP contribution >= 0.6 is 0 Å². The van der Waals surface area contributed by atoms with Crippen molar-refractivity contribution in [3.63, 3.8) is 0 Å². The first kappa shape index (κ1) is 12.4. The molecule has 1 heterocycles. The molecule has 0 spiro atoms. The van der Waals surface area contributed by atoms with Gasteiger partial charge in [-0.25, -0.2) is 4.39 Å². The number of esters is 1. The van der Waals surface area contributed by atoms with E-state index in [-0.39, 0.29) is 18.4 Å². The molecule has 1 rings (SSSR count). The summed E-state index contributed by atoms with van der Waals surface area (Å²) in [5, 5.41) is 9.47. The highest BCUT2D eigenvalue weighted by Crippen LogP contribution is 2.31.